The standard InChI is InChI=1S/C16H24BrN2O2.CH2O2/c1-19(2,3)9-11-21-10-8-18-7-6-13-12-14(17)4-5-15(13)16(18)20;2-1-3/h4-5,12H,6-11H2,1-3H3;1H,(H,2,3)/q+1;/p-1. The van der Waals surface area contributed by atoms with Crippen LogP contribution >= 0.6 is 15.9 Å². The molecule has 0 saturated heterocycles. The monoisotopic (exact) mass is 400 g/mol. The van der Waals surface area contributed by atoms with Gasteiger partial charge in [-0.15, -0.1) is 0 Å². The lowest BCUT2D eigenvalue weighted by molar-refractivity contribution is -0.870. The summed E-state index contributed by atoms with van der Waals surface area (Å²) in [5, 5.41) is 8.25. The molecule has 0 bridgehead atoms. The van der Waals surface area contributed by atoms with Crippen LogP contribution in [0.3, 0.4) is 0 Å². The van der Waals surface area contributed by atoms with Gasteiger partial charge in [0.05, 0.1) is 34.4 Å². The topological polar surface area (TPSA) is 69.7 Å². The lowest BCUT2D eigenvalue weighted by Crippen LogP contribution is -2.40. The fourth-order valence-corrected chi connectivity index (χ4v) is 2.74. The molecule has 0 N–H and O–H groups in total. The highest BCUT2D eigenvalue weighted by molar-refractivity contribution is 9.10. The third kappa shape index (κ3) is 6.98. The van der Waals surface area contributed by atoms with Crippen LogP contribution in [0.1, 0.15) is 15.9 Å². The highest BCUT2D eigenvalue weighted by Gasteiger charge is 2.23. The molecule has 0 radical (unpaired) electrons. The predicted octanol–water partition coefficient (Wildman–Crippen LogP) is 0.536. The number of likely N-dealkylation sites (N-methyl/N-ethyl adjacent to an activating group) is 1. The SMILES string of the molecule is C[N+](C)(C)CCOCCN1CCc2cc(Br)ccc2C1=O.O=C[O-]. The van der Waals surface area contributed by atoms with Crippen LogP contribution in [0.25, 0.3) is 0 Å². The first-order valence-corrected chi connectivity index (χ1v) is 8.59. The van der Waals surface area contributed by atoms with Crippen LogP contribution in [0.2, 0.25) is 0 Å². The Labute approximate surface area is 151 Å². The molecule has 1 aromatic carbocycles. The first-order valence-electron chi connectivity index (χ1n) is 7.80. The van der Waals surface area contributed by atoms with Gasteiger partial charge in [0.25, 0.3) is 5.91 Å². The quantitative estimate of drug-likeness (QED) is 0.396. The normalized spacial score (nSPS) is 13.8. The maximum absolute atomic E-state index is 12.4. The average Bonchev–Trinajstić information content (AvgIpc) is 2.48. The van der Waals surface area contributed by atoms with Crippen LogP contribution < -0.4 is 5.11 Å². The molecule has 24 heavy (non-hydrogen) atoms. The number of halogens is 1. The van der Waals surface area contributed by atoms with E-state index in [4.69, 9.17) is 14.6 Å². The summed E-state index contributed by atoms with van der Waals surface area (Å²) in [5.41, 5.74) is 1.97. The van der Waals surface area contributed by atoms with Crippen LogP contribution in [-0.2, 0) is 16.0 Å². The van der Waals surface area contributed by atoms with Crippen LogP contribution in [0.5, 0.6) is 0 Å². The molecular weight excluding hydrogens is 376 g/mol. The van der Waals surface area contributed by atoms with Crippen molar-refractivity contribution in [3.8, 4) is 0 Å². The van der Waals surface area contributed by atoms with Crippen molar-refractivity contribution < 1.29 is 23.9 Å². The van der Waals surface area contributed by atoms with E-state index in [1.165, 1.54) is 0 Å². The van der Waals surface area contributed by atoms with Gasteiger partial charge in [0.15, 0.2) is 0 Å². The number of benzene rings is 1. The molecule has 1 aliphatic rings. The second kappa shape index (κ2) is 9.76. The number of carbonyl (C=O) groups is 2. The first kappa shape index (κ1) is 20.6. The number of rotatable bonds is 6. The Kier molecular flexibility index (Phi) is 8.38. The van der Waals surface area contributed by atoms with Gasteiger partial charge in [-0.25, -0.2) is 0 Å². The van der Waals surface area contributed by atoms with Crippen molar-refractivity contribution in [3.05, 3.63) is 33.8 Å². The van der Waals surface area contributed by atoms with Crippen LogP contribution in [0.15, 0.2) is 22.7 Å². The van der Waals surface area contributed by atoms with Gasteiger partial charge in [-0.3, -0.25) is 4.79 Å². The number of carbonyl (C=O) groups excluding carboxylic acids is 2. The summed E-state index contributed by atoms with van der Waals surface area (Å²) in [7, 11) is 6.44. The van der Waals surface area contributed by atoms with Gasteiger partial charge in [-0.05, 0) is 30.2 Å². The van der Waals surface area contributed by atoms with Crippen LogP contribution in [0, 0.1) is 0 Å². The predicted molar refractivity (Wildman–Crippen MR) is 93.5 cm³/mol. The Balaban J connectivity index is 0.000000891. The van der Waals surface area contributed by atoms with E-state index in [2.05, 4.69) is 37.1 Å². The van der Waals surface area contributed by atoms with Crippen molar-refractivity contribution in [1.29, 1.82) is 0 Å². The molecule has 7 heteroatoms. The summed E-state index contributed by atoms with van der Waals surface area (Å²) < 4.78 is 7.58. The molecule has 0 aliphatic carbocycles. The smallest absolute Gasteiger partial charge is 0.254 e. The van der Waals surface area contributed by atoms with Crippen molar-refractivity contribution in [1.82, 2.24) is 4.90 Å². The largest absolute Gasteiger partial charge is 0.554 e. The lowest BCUT2D eigenvalue weighted by Gasteiger charge is -2.29. The maximum Gasteiger partial charge on any atom is 0.254 e. The molecule has 1 aliphatic heterocycles. The molecule has 0 unspecified atom stereocenters. The Hall–Kier alpha value is -1.44. The molecule has 6 nitrogen and oxygen atoms in total. The third-order valence-corrected chi connectivity index (χ3v) is 4.14. The molecule has 0 saturated carbocycles. The first-order chi connectivity index (χ1) is 11.3. The minimum atomic E-state index is -0.500. The molecule has 1 heterocycles. The van der Waals surface area contributed by atoms with Gasteiger partial charge in [0.2, 0.25) is 0 Å². The number of hydrogen-bond acceptors (Lipinski definition) is 4. The Morgan fingerprint density at radius 2 is 2.00 bits per heavy atom. The van der Waals surface area contributed by atoms with E-state index in [1.54, 1.807) is 0 Å². The van der Waals surface area contributed by atoms with Gasteiger partial charge in [-0.2, -0.15) is 0 Å². The molecule has 2 rings (SSSR count). The summed E-state index contributed by atoms with van der Waals surface area (Å²) in [6.07, 6.45) is 0.916. The third-order valence-electron chi connectivity index (χ3n) is 3.65. The fraction of sp³-hybridized carbons (Fsp3) is 0.529. The van der Waals surface area contributed by atoms with E-state index in [1.807, 2.05) is 23.1 Å². The molecule has 0 aromatic heterocycles. The minimum Gasteiger partial charge on any atom is -0.554 e. The molecule has 0 fully saturated rings. The number of hydrogen-bond donors (Lipinski definition) is 0. The maximum atomic E-state index is 12.4. The number of nitrogens with zero attached hydrogens (tertiary/aromatic N) is 2. The summed E-state index contributed by atoms with van der Waals surface area (Å²) >= 11 is 3.45. The van der Waals surface area contributed by atoms with Crippen LogP contribution in [-0.4, -0.2) is 75.8 Å². The van der Waals surface area contributed by atoms with E-state index in [9.17, 15) is 4.79 Å². The minimum absolute atomic E-state index is 0.124. The van der Waals surface area contributed by atoms with Gasteiger partial charge in [0.1, 0.15) is 6.54 Å². The van der Waals surface area contributed by atoms with Gasteiger partial charge < -0.3 is 24.0 Å². The fourth-order valence-electron chi connectivity index (χ4n) is 2.33. The van der Waals surface area contributed by atoms with Crippen molar-refractivity contribution >= 4 is 28.3 Å². The lowest BCUT2D eigenvalue weighted by atomic mass is 9.99. The zero-order valence-electron chi connectivity index (χ0n) is 14.5. The van der Waals surface area contributed by atoms with Crippen molar-refractivity contribution in [2.45, 2.75) is 6.42 Å². The number of ether oxygens (including phenoxy) is 1. The summed E-state index contributed by atoms with van der Waals surface area (Å²) in [5.74, 6) is 0.124. The molecule has 1 aromatic rings. The number of amides is 1. The Morgan fingerprint density at radius 1 is 1.33 bits per heavy atom. The van der Waals surface area contributed by atoms with E-state index in [0.29, 0.717) is 13.2 Å². The highest BCUT2D eigenvalue weighted by atomic mass is 79.9. The second-order valence-corrected chi connectivity index (χ2v) is 7.48. The van der Waals surface area contributed by atoms with E-state index < -0.39 is 6.47 Å². The Bertz CT molecular complexity index is 558. The molecule has 134 valence electrons. The molecule has 0 atom stereocenters. The zero-order chi connectivity index (χ0) is 18.2. The van der Waals surface area contributed by atoms with Gasteiger partial charge in [-0.1, -0.05) is 15.9 Å². The van der Waals surface area contributed by atoms with E-state index in [0.717, 1.165) is 46.2 Å². The Morgan fingerprint density at radius 3 is 2.62 bits per heavy atom. The molecule has 1 amide bonds. The van der Waals surface area contributed by atoms with E-state index >= 15 is 0 Å². The average molecular weight is 401 g/mol. The van der Waals surface area contributed by atoms with Gasteiger partial charge in [0, 0.05) is 29.6 Å². The second-order valence-electron chi connectivity index (χ2n) is 6.57. The zero-order valence-corrected chi connectivity index (χ0v) is 16.0. The van der Waals surface area contributed by atoms with Crippen molar-refractivity contribution in [2.24, 2.45) is 0 Å². The number of carboxylic acid groups (broad SMARTS) is 1. The molecular formula is C17H25BrN2O4. The van der Waals surface area contributed by atoms with E-state index in [-0.39, 0.29) is 5.91 Å². The van der Waals surface area contributed by atoms with Crippen molar-refractivity contribution in [3.63, 3.8) is 0 Å². The summed E-state index contributed by atoms with van der Waals surface area (Å²) in [6.45, 7) is 3.27. The highest BCUT2D eigenvalue weighted by Crippen LogP contribution is 2.22. The number of fused-ring (bicyclic) bond motifs is 1. The summed E-state index contributed by atoms with van der Waals surface area (Å²) in [4.78, 5) is 22.5. The van der Waals surface area contributed by atoms with Gasteiger partial charge >= 0.3 is 0 Å². The van der Waals surface area contributed by atoms with Crippen LogP contribution in [0.4, 0.5) is 0 Å². The summed E-state index contributed by atoms with van der Waals surface area (Å²) in [6, 6.07) is 5.88. The molecule has 0 spiro atoms. The number of quaternary nitrogens is 1. The van der Waals surface area contributed by atoms with Crippen molar-refractivity contribution in [2.75, 3.05) is 54.0 Å².